The number of aryl methyl sites for hydroxylation is 1. The van der Waals surface area contributed by atoms with Crippen LogP contribution in [-0.2, 0) is 25.9 Å². The molecule has 0 unspecified atom stereocenters. The van der Waals surface area contributed by atoms with Crippen molar-refractivity contribution < 1.29 is 4.39 Å². The third kappa shape index (κ3) is 2.94. The lowest BCUT2D eigenvalue weighted by Gasteiger charge is -2.09. The van der Waals surface area contributed by atoms with Crippen molar-refractivity contribution in [3.8, 4) is 0 Å². The third-order valence-corrected chi connectivity index (χ3v) is 4.23. The highest BCUT2D eigenvalue weighted by Gasteiger charge is 2.15. The van der Waals surface area contributed by atoms with Gasteiger partial charge in [0.25, 0.3) is 0 Å². The monoisotopic (exact) mass is 339 g/mol. The predicted molar refractivity (Wildman–Crippen MR) is 82.1 cm³/mol. The molecule has 5 heteroatoms. The van der Waals surface area contributed by atoms with Gasteiger partial charge < -0.3 is 5.73 Å². The fourth-order valence-corrected chi connectivity index (χ4v) is 2.83. The molecule has 1 aromatic carbocycles. The van der Waals surface area contributed by atoms with Crippen molar-refractivity contribution >= 4 is 15.9 Å². The molecule has 1 heterocycles. The molecule has 0 saturated carbocycles. The molecule has 3 nitrogen and oxygen atoms in total. The zero-order chi connectivity index (χ0) is 14.7. The molecule has 0 spiro atoms. The van der Waals surface area contributed by atoms with Crippen LogP contribution < -0.4 is 5.73 Å². The van der Waals surface area contributed by atoms with Gasteiger partial charge in [-0.1, -0.05) is 29.8 Å². The Morgan fingerprint density at radius 3 is 2.65 bits per heavy atom. The largest absolute Gasteiger partial charge is 0.326 e. The van der Waals surface area contributed by atoms with E-state index in [1.54, 1.807) is 12.1 Å². The van der Waals surface area contributed by atoms with Crippen molar-refractivity contribution in [2.75, 3.05) is 0 Å². The average Bonchev–Trinajstić information content (AvgIpc) is 2.79. The minimum absolute atomic E-state index is 0.233. The molecule has 0 aliphatic carbocycles. The van der Waals surface area contributed by atoms with Crippen molar-refractivity contribution in [2.45, 2.75) is 39.8 Å². The van der Waals surface area contributed by atoms with Crippen LogP contribution in [0.3, 0.4) is 0 Å². The smallest absolute Gasteiger partial charge is 0.123 e. The maximum Gasteiger partial charge on any atom is 0.123 e. The number of nitrogens with zero attached hydrogens (tertiary/aromatic N) is 2. The molecule has 0 bridgehead atoms. The highest BCUT2D eigenvalue weighted by molar-refractivity contribution is 9.10. The zero-order valence-corrected chi connectivity index (χ0v) is 13.4. The van der Waals surface area contributed by atoms with E-state index in [1.165, 1.54) is 6.07 Å². The lowest BCUT2D eigenvalue weighted by molar-refractivity contribution is 0.610. The van der Waals surface area contributed by atoms with Crippen LogP contribution in [0.1, 0.15) is 36.4 Å². The number of benzene rings is 1. The summed E-state index contributed by atoms with van der Waals surface area (Å²) in [5.41, 5.74) is 10.0. The van der Waals surface area contributed by atoms with Gasteiger partial charge in [0.1, 0.15) is 5.82 Å². The van der Waals surface area contributed by atoms with Crippen LogP contribution in [0.25, 0.3) is 0 Å². The highest BCUT2D eigenvalue weighted by Crippen LogP contribution is 2.22. The average molecular weight is 340 g/mol. The molecular weight excluding hydrogens is 321 g/mol. The number of nitrogens with two attached hydrogens (primary N) is 1. The number of hydrogen-bond donors (Lipinski definition) is 1. The molecule has 2 N–H and O–H groups in total. The summed E-state index contributed by atoms with van der Waals surface area (Å²) in [7, 11) is 0. The molecule has 0 saturated heterocycles. The minimum Gasteiger partial charge on any atom is -0.326 e. The summed E-state index contributed by atoms with van der Waals surface area (Å²) in [6.45, 7) is 5.21. The summed E-state index contributed by atoms with van der Waals surface area (Å²) in [5.74, 6) is -0.233. The second-order valence-corrected chi connectivity index (χ2v) is 5.53. The van der Waals surface area contributed by atoms with E-state index in [0.29, 0.717) is 13.1 Å². The molecule has 0 aliphatic rings. The first-order chi connectivity index (χ1) is 9.60. The van der Waals surface area contributed by atoms with Gasteiger partial charge in [0.05, 0.1) is 12.2 Å². The van der Waals surface area contributed by atoms with Gasteiger partial charge in [-0.15, -0.1) is 0 Å². The van der Waals surface area contributed by atoms with Crippen LogP contribution in [0, 0.1) is 5.82 Å². The van der Waals surface area contributed by atoms with Crippen LogP contribution in [0.5, 0.6) is 0 Å². The molecule has 0 atom stereocenters. The summed E-state index contributed by atoms with van der Waals surface area (Å²) in [6, 6.07) is 4.71. The lowest BCUT2D eigenvalue weighted by Crippen LogP contribution is -2.08. The summed E-state index contributed by atoms with van der Waals surface area (Å²) in [5, 5.41) is 4.63. The molecule has 1 aromatic heterocycles. The number of rotatable bonds is 5. The Kier molecular flexibility index (Phi) is 4.94. The van der Waals surface area contributed by atoms with E-state index < -0.39 is 0 Å². The maximum absolute atomic E-state index is 13.4. The molecular formula is C15H19BrFN3. The predicted octanol–water partition coefficient (Wildman–Crippen LogP) is 3.42. The van der Waals surface area contributed by atoms with Crippen LogP contribution in [0.15, 0.2) is 22.7 Å². The maximum atomic E-state index is 13.4. The second kappa shape index (κ2) is 6.50. The molecule has 0 radical (unpaired) electrons. The van der Waals surface area contributed by atoms with Crippen LogP contribution in [0.2, 0.25) is 0 Å². The van der Waals surface area contributed by atoms with Crippen molar-refractivity contribution in [1.82, 2.24) is 9.78 Å². The number of aromatic nitrogens is 2. The summed E-state index contributed by atoms with van der Waals surface area (Å²) in [6.07, 6.45) is 1.73. The molecule has 20 heavy (non-hydrogen) atoms. The van der Waals surface area contributed by atoms with Gasteiger partial charge in [-0.3, -0.25) is 4.68 Å². The fourth-order valence-electron chi connectivity index (χ4n) is 2.46. The van der Waals surface area contributed by atoms with Crippen molar-refractivity contribution in [3.63, 3.8) is 0 Å². The first kappa shape index (κ1) is 15.2. The fraction of sp³-hybridized carbons (Fsp3) is 0.400. The van der Waals surface area contributed by atoms with Gasteiger partial charge in [-0.2, -0.15) is 5.10 Å². The second-order valence-electron chi connectivity index (χ2n) is 4.68. The van der Waals surface area contributed by atoms with Gasteiger partial charge in [0, 0.05) is 22.3 Å². The molecule has 0 aliphatic heterocycles. The van der Waals surface area contributed by atoms with Crippen LogP contribution >= 0.6 is 15.9 Å². The van der Waals surface area contributed by atoms with E-state index in [1.807, 2.05) is 4.68 Å². The Morgan fingerprint density at radius 1 is 1.30 bits per heavy atom. The van der Waals surface area contributed by atoms with Crippen molar-refractivity contribution in [1.29, 1.82) is 0 Å². The first-order valence-corrected chi connectivity index (χ1v) is 7.61. The standard InChI is InChI=1S/C15H19BrFN3/c1-3-14-12(8-18)15(4-2)20(19-14)9-10-7-11(17)5-6-13(10)16/h5-7H,3-4,8-9,18H2,1-2H3. The van der Waals surface area contributed by atoms with Crippen molar-refractivity contribution in [2.24, 2.45) is 5.73 Å². The molecule has 2 aromatic rings. The normalized spacial score (nSPS) is 11.1. The van der Waals surface area contributed by atoms with Gasteiger partial charge in [0.2, 0.25) is 0 Å². The molecule has 108 valence electrons. The highest BCUT2D eigenvalue weighted by atomic mass is 79.9. The Morgan fingerprint density at radius 2 is 2.05 bits per heavy atom. The molecule has 0 fully saturated rings. The van der Waals surface area contributed by atoms with Crippen molar-refractivity contribution in [3.05, 3.63) is 51.0 Å². The SMILES string of the molecule is CCc1nn(Cc2cc(F)ccc2Br)c(CC)c1CN. The Hall–Kier alpha value is -1.20. The Bertz CT molecular complexity index is 607. The summed E-state index contributed by atoms with van der Waals surface area (Å²) >= 11 is 3.46. The van der Waals surface area contributed by atoms with E-state index >= 15 is 0 Å². The van der Waals surface area contributed by atoms with E-state index in [9.17, 15) is 4.39 Å². The number of hydrogen-bond acceptors (Lipinski definition) is 2. The Balaban J connectivity index is 2.42. The third-order valence-electron chi connectivity index (χ3n) is 3.45. The quantitative estimate of drug-likeness (QED) is 0.906. The van der Waals surface area contributed by atoms with E-state index in [2.05, 4.69) is 34.9 Å². The van der Waals surface area contributed by atoms with Gasteiger partial charge in [-0.25, -0.2) is 4.39 Å². The Labute approximate surface area is 127 Å². The minimum atomic E-state index is -0.233. The zero-order valence-electron chi connectivity index (χ0n) is 11.8. The first-order valence-electron chi connectivity index (χ1n) is 6.82. The topological polar surface area (TPSA) is 43.8 Å². The van der Waals surface area contributed by atoms with E-state index in [0.717, 1.165) is 39.8 Å². The molecule has 2 rings (SSSR count). The van der Waals surface area contributed by atoms with Gasteiger partial charge >= 0.3 is 0 Å². The van der Waals surface area contributed by atoms with Gasteiger partial charge in [0.15, 0.2) is 0 Å². The summed E-state index contributed by atoms with van der Waals surface area (Å²) in [4.78, 5) is 0. The lowest BCUT2D eigenvalue weighted by atomic mass is 10.1. The molecule has 0 amide bonds. The van der Waals surface area contributed by atoms with Crippen LogP contribution in [-0.4, -0.2) is 9.78 Å². The number of halogens is 2. The van der Waals surface area contributed by atoms with Gasteiger partial charge in [-0.05, 0) is 36.6 Å². The van der Waals surface area contributed by atoms with E-state index in [4.69, 9.17) is 5.73 Å². The van der Waals surface area contributed by atoms with Crippen LogP contribution in [0.4, 0.5) is 4.39 Å². The van der Waals surface area contributed by atoms with E-state index in [-0.39, 0.29) is 5.82 Å². The summed E-state index contributed by atoms with van der Waals surface area (Å²) < 4.78 is 16.2.